The van der Waals surface area contributed by atoms with Crippen LogP contribution < -0.4 is 15.2 Å². The van der Waals surface area contributed by atoms with Crippen molar-refractivity contribution < 1.29 is 37.0 Å². The Balaban J connectivity index is 1.72. The van der Waals surface area contributed by atoms with Crippen molar-refractivity contribution in [3.63, 3.8) is 0 Å². The summed E-state index contributed by atoms with van der Waals surface area (Å²) in [5.74, 6) is -0.512. The van der Waals surface area contributed by atoms with Gasteiger partial charge in [-0.1, -0.05) is 12.1 Å². The monoisotopic (exact) mass is 524 g/mol. The standard InChI is InChI=1S/C25H31F3N4O5/c1-5-31(6-2)23(34)17-12-19(22(29)30-13-17)36-20-14-32(15-24(20,3)35-4)21(33)11-16-7-9-18(10-8-16)37-25(26,27)28/h7-10,12-13,20H,5-6,11,14-15H2,1-4H3,(H2,29,30). The van der Waals surface area contributed by atoms with Crippen molar-refractivity contribution in [1.29, 1.82) is 0 Å². The molecule has 2 heterocycles. The van der Waals surface area contributed by atoms with E-state index in [4.69, 9.17) is 15.2 Å². The number of benzene rings is 1. The van der Waals surface area contributed by atoms with Gasteiger partial charge in [-0.2, -0.15) is 0 Å². The lowest BCUT2D eigenvalue weighted by molar-refractivity contribution is -0.274. The Morgan fingerprint density at radius 1 is 1.22 bits per heavy atom. The lowest BCUT2D eigenvalue weighted by Gasteiger charge is -2.29. The van der Waals surface area contributed by atoms with Gasteiger partial charge in [-0.3, -0.25) is 9.59 Å². The summed E-state index contributed by atoms with van der Waals surface area (Å²) in [7, 11) is 1.51. The van der Waals surface area contributed by atoms with E-state index in [-0.39, 0.29) is 48.6 Å². The number of ether oxygens (including phenoxy) is 3. The molecule has 202 valence electrons. The van der Waals surface area contributed by atoms with E-state index in [1.165, 1.54) is 31.5 Å². The largest absolute Gasteiger partial charge is 0.573 e. The zero-order chi connectivity index (χ0) is 27.4. The van der Waals surface area contributed by atoms with Crippen molar-refractivity contribution in [2.45, 2.75) is 45.3 Å². The van der Waals surface area contributed by atoms with Crippen LogP contribution in [0.4, 0.5) is 19.0 Å². The fraction of sp³-hybridized carbons (Fsp3) is 0.480. The second-order valence-electron chi connectivity index (χ2n) is 8.85. The molecule has 1 aromatic carbocycles. The summed E-state index contributed by atoms with van der Waals surface area (Å²) < 4.78 is 52.8. The minimum atomic E-state index is -4.79. The molecular formula is C25H31F3N4O5. The summed E-state index contributed by atoms with van der Waals surface area (Å²) in [5.41, 5.74) is 6.00. The highest BCUT2D eigenvalue weighted by molar-refractivity contribution is 5.94. The number of carbonyl (C=O) groups is 2. The second-order valence-corrected chi connectivity index (χ2v) is 8.85. The third-order valence-corrected chi connectivity index (χ3v) is 6.35. The average molecular weight is 525 g/mol. The lowest BCUT2D eigenvalue weighted by Crippen LogP contribution is -2.44. The first-order chi connectivity index (χ1) is 17.4. The predicted molar refractivity (Wildman–Crippen MR) is 129 cm³/mol. The van der Waals surface area contributed by atoms with Gasteiger partial charge in [0, 0.05) is 26.4 Å². The number of methoxy groups -OCH3 is 1. The Morgan fingerprint density at radius 3 is 2.43 bits per heavy atom. The van der Waals surface area contributed by atoms with Gasteiger partial charge in [0.05, 0.1) is 25.1 Å². The Morgan fingerprint density at radius 2 is 1.86 bits per heavy atom. The highest BCUT2D eigenvalue weighted by Gasteiger charge is 2.47. The van der Waals surface area contributed by atoms with E-state index in [0.29, 0.717) is 24.2 Å². The van der Waals surface area contributed by atoms with E-state index in [2.05, 4.69) is 9.72 Å². The van der Waals surface area contributed by atoms with E-state index < -0.39 is 18.1 Å². The number of pyridine rings is 1. The van der Waals surface area contributed by atoms with Crippen LogP contribution in [0.2, 0.25) is 0 Å². The van der Waals surface area contributed by atoms with Gasteiger partial charge in [-0.25, -0.2) is 4.98 Å². The summed E-state index contributed by atoms with van der Waals surface area (Å²) in [5, 5.41) is 0. The molecule has 0 spiro atoms. The summed E-state index contributed by atoms with van der Waals surface area (Å²) in [4.78, 5) is 33.1. The number of rotatable bonds is 9. The molecule has 2 N–H and O–H groups in total. The number of anilines is 1. The van der Waals surface area contributed by atoms with Crippen LogP contribution in [0, 0.1) is 0 Å². The number of hydrogen-bond donors (Lipinski definition) is 1. The number of likely N-dealkylation sites (tertiary alicyclic amines) is 1. The third kappa shape index (κ3) is 6.82. The number of aromatic nitrogens is 1. The number of nitrogen functional groups attached to an aromatic ring is 1. The Bertz CT molecular complexity index is 1110. The predicted octanol–water partition coefficient (Wildman–Crippen LogP) is 3.28. The highest BCUT2D eigenvalue weighted by Crippen LogP contribution is 2.32. The molecule has 0 radical (unpaired) electrons. The Kier molecular flexibility index (Phi) is 8.52. The molecule has 2 atom stereocenters. The van der Waals surface area contributed by atoms with E-state index in [1.54, 1.807) is 16.7 Å². The SMILES string of the molecule is CCN(CC)C(=O)c1cnc(N)c(OC2CN(C(=O)Cc3ccc(OC(F)(F)F)cc3)CC2(C)OC)c1. The quantitative estimate of drug-likeness (QED) is 0.537. The number of carbonyl (C=O) groups excluding carboxylic acids is 2. The van der Waals surface area contributed by atoms with E-state index in [9.17, 15) is 22.8 Å². The number of hydrogen-bond acceptors (Lipinski definition) is 7. The average Bonchev–Trinajstić information content (AvgIpc) is 3.18. The molecule has 0 aliphatic carbocycles. The summed E-state index contributed by atoms with van der Waals surface area (Å²) >= 11 is 0. The van der Waals surface area contributed by atoms with Crippen molar-refractivity contribution in [2.24, 2.45) is 0 Å². The van der Waals surface area contributed by atoms with E-state index >= 15 is 0 Å². The zero-order valence-corrected chi connectivity index (χ0v) is 21.2. The molecule has 1 fully saturated rings. The number of amides is 2. The summed E-state index contributed by atoms with van der Waals surface area (Å²) in [6.07, 6.45) is -4.04. The first-order valence-corrected chi connectivity index (χ1v) is 11.8. The van der Waals surface area contributed by atoms with Gasteiger partial charge in [0.15, 0.2) is 11.6 Å². The van der Waals surface area contributed by atoms with Crippen molar-refractivity contribution in [1.82, 2.24) is 14.8 Å². The Hall–Kier alpha value is -3.54. The maximum absolute atomic E-state index is 13.0. The fourth-order valence-corrected chi connectivity index (χ4v) is 4.10. The molecule has 0 saturated carbocycles. The van der Waals surface area contributed by atoms with Gasteiger partial charge in [0.1, 0.15) is 17.5 Å². The van der Waals surface area contributed by atoms with Gasteiger partial charge in [-0.15, -0.1) is 13.2 Å². The molecule has 2 amide bonds. The molecule has 1 aromatic heterocycles. The van der Waals surface area contributed by atoms with Crippen molar-refractivity contribution in [3.8, 4) is 11.5 Å². The minimum Gasteiger partial charge on any atom is -0.482 e. The number of nitrogens with zero attached hydrogens (tertiary/aromatic N) is 3. The van der Waals surface area contributed by atoms with Crippen LogP contribution in [0.15, 0.2) is 36.5 Å². The molecule has 2 unspecified atom stereocenters. The van der Waals surface area contributed by atoms with Crippen LogP contribution in [-0.2, 0) is 16.0 Å². The highest BCUT2D eigenvalue weighted by atomic mass is 19.4. The fourth-order valence-electron chi connectivity index (χ4n) is 4.10. The molecule has 3 rings (SSSR count). The van der Waals surface area contributed by atoms with Crippen LogP contribution in [0.3, 0.4) is 0 Å². The van der Waals surface area contributed by atoms with Crippen LogP contribution in [0.5, 0.6) is 11.5 Å². The summed E-state index contributed by atoms with van der Waals surface area (Å²) in [6.45, 7) is 7.01. The lowest BCUT2D eigenvalue weighted by atomic mass is 10.0. The van der Waals surface area contributed by atoms with E-state index in [1.807, 2.05) is 13.8 Å². The molecule has 1 aliphatic heterocycles. The second kappa shape index (κ2) is 11.2. The smallest absolute Gasteiger partial charge is 0.482 e. The maximum atomic E-state index is 13.0. The zero-order valence-electron chi connectivity index (χ0n) is 21.2. The third-order valence-electron chi connectivity index (χ3n) is 6.35. The van der Waals surface area contributed by atoms with Gasteiger partial charge in [-0.05, 0) is 44.5 Å². The van der Waals surface area contributed by atoms with Crippen molar-refractivity contribution in [3.05, 3.63) is 47.7 Å². The molecule has 37 heavy (non-hydrogen) atoms. The topological polar surface area (TPSA) is 107 Å². The van der Waals surface area contributed by atoms with Crippen molar-refractivity contribution >= 4 is 17.6 Å². The molecular weight excluding hydrogens is 493 g/mol. The molecule has 12 heteroatoms. The van der Waals surface area contributed by atoms with Gasteiger partial charge < -0.3 is 29.7 Å². The van der Waals surface area contributed by atoms with E-state index in [0.717, 1.165) is 12.1 Å². The Labute approximate surface area is 213 Å². The first-order valence-electron chi connectivity index (χ1n) is 11.8. The van der Waals surface area contributed by atoms with Crippen LogP contribution >= 0.6 is 0 Å². The molecule has 1 aliphatic rings. The van der Waals surface area contributed by atoms with Crippen molar-refractivity contribution in [2.75, 3.05) is 39.0 Å². The first kappa shape index (κ1) is 28.0. The molecule has 2 aromatic rings. The maximum Gasteiger partial charge on any atom is 0.573 e. The number of halogens is 3. The minimum absolute atomic E-state index is 0.0314. The van der Waals surface area contributed by atoms with Gasteiger partial charge in [0.25, 0.3) is 5.91 Å². The van der Waals surface area contributed by atoms with Crippen LogP contribution in [-0.4, -0.2) is 78.0 Å². The van der Waals surface area contributed by atoms with Crippen LogP contribution in [0.25, 0.3) is 0 Å². The molecule has 9 nitrogen and oxygen atoms in total. The van der Waals surface area contributed by atoms with Gasteiger partial charge >= 0.3 is 6.36 Å². The van der Waals surface area contributed by atoms with Crippen LogP contribution in [0.1, 0.15) is 36.7 Å². The number of nitrogens with two attached hydrogens (primary N) is 1. The summed E-state index contributed by atoms with van der Waals surface area (Å²) in [6, 6.07) is 6.67. The number of alkyl halides is 3. The normalized spacial score (nSPS) is 19.5. The molecule has 1 saturated heterocycles. The molecule has 0 bridgehead atoms. The van der Waals surface area contributed by atoms with Gasteiger partial charge in [0.2, 0.25) is 5.91 Å².